The second-order valence-corrected chi connectivity index (χ2v) is 6.67. The first-order valence-electron chi connectivity index (χ1n) is 5.23. The largest absolute Gasteiger partial charge is 0.379 e. The molecule has 0 radical (unpaired) electrons. The van der Waals surface area contributed by atoms with E-state index in [1.165, 1.54) is 12.1 Å². The highest BCUT2D eigenvalue weighted by atomic mass is 32.2. The van der Waals surface area contributed by atoms with Crippen LogP contribution in [0.2, 0.25) is 0 Å². The Morgan fingerprint density at radius 1 is 1.33 bits per heavy atom. The molecule has 1 aromatic carbocycles. The molecule has 0 unspecified atom stereocenters. The van der Waals surface area contributed by atoms with Crippen LogP contribution >= 0.6 is 11.3 Å². The minimum atomic E-state index is -3.62. The van der Waals surface area contributed by atoms with E-state index < -0.39 is 10.0 Å². The maximum absolute atomic E-state index is 11.1. The van der Waals surface area contributed by atoms with E-state index in [0.717, 1.165) is 15.6 Å². The predicted molar refractivity (Wildman–Crippen MR) is 72.0 cm³/mol. The van der Waals surface area contributed by atoms with E-state index in [2.05, 4.69) is 10.3 Å². The first-order valence-corrected chi connectivity index (χ1v) is 7.59. The van der Waals surface area contributed by atoms with Crippen LogP contribution in [-0.2, 0) is 16.6 Å². The highest BCUT2D eigenvalue weighted by Gasteiger charge is 2.06. The zero-order valence-electron chi connectivity index (χ0n) is 9.75. The zero-order valence-corrected chi connectivity index (χ0v) is 11.4. The number of hydrogen-bond donors (Lipinski definition) is 2. The van der Waals surface area contributed by atoms with Crippen molar-refractivity contribution < 1.29 is 8.42 Å². The Bertz CT molecular complexity index is 633. The third-order valence-electron chi connectivity index (χ3n) is 2.30. The smallest absolute Gasteiger partial charge is 0.238 e. The van der Waals surface area contributed by atoms with Gasteiger partial charge in [0.2, 0.25) is 10.0 Å². The van der Waals surface area contributed by atoms with Crippen molar-refractivity contribution in [3.8, 4) is 0 Å². The molecule has 0 aliphatic heterocycles. The van der Waals surface area contributed by atoms with Gasteiger partial charge in [-0.25, -0.2) is 18.5 Å². The van der Waals surface area contributed by atoms with E-state index in [-0.39, 0.29) is 4.90 Å². The van der Waals surface area contributed by atoms with Gasteiger partial charge in [0.15, 0.2) is 0 Å². The van der Waals surface area contributed by atoms with Gasteiger partial charge in [-0.1, -0.05) is 0 Å². The molecule has 0 amide bonds. The number of sulfonamides is 1. The van der Waals surface area contributed by atoms with Gasteiger partial charge in [0.05, 0.1) is 11.4 Å². The molecule has 0 spiro atoms. The SMILES string of the molecule is Cc1cnc(CNc2ccc(S(N)(=O)=O)cc2)s1. The number of aryl methyl sites for hydroxylation is 1. The third-order valence-corrected chi connectivity index (χ3v) is 4.14. The number of nitrogens with zero attached hydrogens (tertiary/aromatic N) is 1. The molecule has 1 aromatic heterocycles. The van der Waals surface area contributed by atoms with Gasteiger partial charge in [-0.15, -0.1) is 11.3 Å². The summed E-state index contributed by atoms with van der Waals surface area (Å²) in [6.07, 6.45) is 1.83. The summed E-state index contributed by atoms with van der Waals surface area (Å²) >= 11 is 1.62. The van der Waals surface area contributed by atoms with Crippen LogP contribution < -0.4 is 10.5 Å². The molecule has 96 valence electrons. The topological polar surface area (TPSA) is 85.1 Å². The minimum Gasteiger partial charge on any atom is -0.379 e. The van der Waals surface area contributed by atoms with Crippen LogP contribution in [0.15, 0.2) is 35.4 Å². The van der Waals surface area contributed by atoms with Crippen LogP contribution in [0.5, 0.6) is 0 Å². The number of benzene rings is 1. The van der Waals surface area contributed by atoms with Gasteiger partial charge in [-0.3, -0.25) is 0 Å². The summed E-state index contributed by atoms with van der Waals surface area (Å²) in [6, 6.07) is 6.32. The lowest BCUT2D eigenvalue weighted by molar-refractivity contribution is 0.598. The third kappa shape index (κ3) is 3.28. The average molecular weight is 283 g/mol. The normalized spacial score (nSPS) is 11.4. The second kappa shape index (κ2) is 5.05. The molecule has 18 heavy (non-hydrogen) atoms. The molecule has 0 aliphatic rings. The second-order valence-electron chi connectivity index (χ2n) is 3.79. The number of nitrogens with two attached hydrogens (primary N) is 1. The maximum atomic E-state index is 11.1. The molecule has 0 saturated heterocycles. The highest BCUT2D eigenvalue weighted by molar-refractivity contribution is 7.89. The molecule has 7 heteroatoms. The fourth-order valence-corrected chi connectivity index (χ4v) is 2.67. The van der Waals surface area contributed by atoms with E-state index >= 15 is 0 Å². The summed E-state index contributed by atoms with van der Waals surface area (Å²) in [5.74, 6) is 0. The standard InChI is InChI=1S/C11H13N3O2S2/c1-8-6-14-11(17-8)7-13-9-2-4-10(5-3-9)18(12,15)16/h2-6,13H,7H2,1H3,(H2,12,15,16). The lowest BCUT2D eigenvalue weighted by atomic mass is 10.3. The van der Waals surface area contributed by atoms with Crippen molar-refractivity contribution in [2.75, 3.05) is 5.32 Å². The van der Waals surface area contributed by atoms with Gasteiger partial charge < -0.3 is 5.32 Å². The van der Waals surface area contributed by atoms with Gasteiger partial charge >= 0.3 is 0 Å². The Labute approximate surface area is 110 Å². The van der Waals surface area contributed by atoms with Crippen LogP contribution in [0, 0.1) is 6.92 Å². The Morgan fingerprint density at radius 3 is 2.50 bits per heavy atom. The summed E-state index contributed by atoms with van der Waals surface area (Å²) in [4.78, 5) is 5.50. The Kier molecular flexibility index (Phi) is 3.65. The van der Waals surface area contributed by atoms with Crippen LogP contribution in [0.4, 0.5) is 5.69 Å². The van der Waals surface area contributed by atoms with E-state index in [1.807, 2.05) is 13.1 Å². The van der Waals surface area contributed by atoms with Crippen molar-refractivity contribution in [1.82, 2.24) is 4.98 Å². The van der Waals surface area contributed by atoms with E-state index in [4.69, 9.17) is 5.14 Å². The monoisotopic (exact) mass is 283 g/mol. The lowest BCUT2D eigenvalue weighted by Crippen LogP contribution is -2.11. The molecule has 0 bridgehead atoms. The van der Waals surface area contributed by atoms with Crippen molar-refractivity contribution in [2.45, 2.75) is 18.4 Å². The fraction of sp³-hybridized carbons (Fsp3) is 0.182. The number of anilines is 1. The molecule has 0 atom stereocenters. The minimum absolute atomic E-state index is 0.109. The molecule has 5 nitrogen and oxygen atoms in total. The number of rotatable bonds is 4. The Morgan fingerprint density at radius 2 is 2.00 bits per heavy atom. The van der Waals surface area contributed by atoms with Crippen LogP contribution in [-0.4, -0.2) is 13.4 Å². The van der Waals surface area contributed by atoms with Crippen molar-refractivity contribution in [2.24, 2.45) is 5.14 Å². The van der Waals surface area contributed by atoms with Crippen molar-refractivity contribution in [1.29, 1.82) is 0 Å². The Hall–Kier alpha value is -1.44. The Balaban J connectivity index is 2.03. The molecule has 2 rings (SSSR count). The molecule has 0 saturated carbocycles. The van der Waals surface area contributed by atoms with Crippen molar-refractivity contribution in [3.05, 3.63) is 40.3 Å². The molecule has 2 aromatic rings. The van der Waals surface area contributed by atoms with E-state index in [0.29, 0.717) is 6.54 Å². The molecule has 1 heterocycles. The summed E-state index contributed by atoms with van der Waals surface area (Å²) in [5, 5.41) is 9.17. The number of thiazole rings is 1. The number of aromatic nitrogens is 1. The van der Waals surface area contributed by atoms with Gasteiger partial charge in [0.25, 0.3) is 0 Å². The summed E-state index contributed by atoms with van der Waals surface area (Å²) in [5.41, 5.74) is 0.829. The molecule has 0 aliphatic carbocycles. The predicted octanol–water partition coefficient (Wildman–Crippen LogP) is 1.71. The number of nitrogens with one attached hydrogen (secondary N) is 1. The average Bonchev–Trinajstić information content (AvgIpc) is 2.72. The van der Waals surface area contributed by atoms with E-state index in [9.17, 15) is 8.42 Å². The van der Waals surface area contributed by atoms with Gasteiger partial charge in [0, 0.05) is 16.8 Å². The first kappa shape index (κ1) is 13.0. The zero-order chi connectivity index (χ0) is 13.2. The van der Waals surface area contributed by atoms with Crippen LogP contribution in [0.1, 0.15) is 9.88 Å². The number of hydrogen-bond acceptors (Lipinski definition) is 5. The molecular weight excluding hydrogens is 270 g/mol. The first-order chi connectivity index (χ1) is 8.45. The molecular formula is C11H13N3O2S2. The summed E-state index contributed by atoms with van der Waals surface area (Å²) in [7, 11) is -3.62. The molecule has 0 fully saturated rings. The van der Waals surface area contributed by atoms with Crippen LogP contribution in [0.3, 0.4) is 0 Å². The summed E-state index contributed by atoms with van der Waals surface area (Å²) < 4.78 is 22.2. The van der Waals surface area contributed by atoms with Crippen molar-refractivity contribution in [3.63, 3.8) is 0 Å². The maximum Gasteiger partial charge on any atom is 0.238 e. The van der Waals surface area contributed by atoms with Crippen molar-refractivity contribution >= 4 is 27.0 Å². The molecule has 3 N–H and O–H groups in total. The highest BCUT2D eigenvalue weighted by Crippen LogP contribution is 2.16. The fourth-order valence-electron chi connectivity index (χ4n) is 1.42. The van der Waals surface area contributed by atoms with Crippen LogP contribution in [0.25, 0.3) is 0 Å². The van der Waals surface area contributed by atoms with Gasteiger partial charge in [0.1, 0.15) is 5.01 Å². The van der Waals surface area contributed by atoms with E-state index in [1.54, 1.807) is 23.5 Å². The number of primary sulfonamides is 1. The lowest BCUT2D eigenvalue weighted by Gasteiger charge is -2.05. The van der Waals surface area contributed by atoms with Gasteiger partial charge in [-0.05, 0) is 31.2 Å². The van der Waals surface area contributed by atoms with Gasteiger partial charge in [-0.2, -0.15) is 0 Å². The summed E-state index contributed by atoms with van der Waals surface area (Å²) in [6.45, 7) is 2.62. The quantitative estimate of drug-likeness (QED) is 0.894.